The molecule has 0 radical (unpaired) electrons. The van der Waals surface area contributed by atoms with Gasteiger partial charge in [0, 0.05) is 66.2 Å². The summed E-state index contributed by atoms with van der Waals surface area (Å²) in [5, 5.41) is 0. The second-order valence-electron chi connectivity index (χ2n) is 22.4. The Morgan fingerprint density at radius 2 is 1.11 bits per heavy atom. The normalized spacial score (nSPS) is 40.2. The number of carbonyl (C=O) groups excluding carboxylic acids is 9. The predicted octanol–water partition coefficient (Wildman–Crippen LogP) is 5.97. The number of esters is 9. The molecule has 16 atom stereocenters. The summed E-state index contributed by atoms with van der Waals surface area (Å²) in [6, 6.07) is 0. The molecular formula is C52H74O19. The smallest absolute Gasteiger partial charge is 0.315 e. The van der Waals surface area contributed by atoms with Crippen molar-refractivity contribution in [2.75, 3.05) is 19.8 Å². The van der Waals surface area contributed by atoms with Crippen molar-refractivity contribution >= 4 is 53.7 Å². The average molecular weight is 1000 g/mol. The first-order valence-corrected chi connectivity index (χ1v) is 24.8. The molecule has 5 fully saturated rings. The third kappa shape index (κ3) is 10.6. The number of hydrogen-bond acceptors (Lipinski definition) is 19. The van der Waals surface area contributed by atoms with Crippen LogP contribution < -0.4 is 0 Å². The third-order valence-electron chi connectivity index (χ3n) is 17.6. The zero-order valence-corrected chi connectivity index (χ0v) is 43.6. The lowest BCUT2D eigenvalue weighted by atomic mass is 9.33. The van der Waals surface area contributed by atoms with Gasteiger partial charge >= 0.3 is 53.7 Å². The summed E-state index contributed by atoms with van der Waals surface area (Å²) in [5.74, 6) is -6.52. The monoisotopic (exact) mass is 1000 g/mol. The predicted molar refractivity (Wildman–Crippen MR) is 245 cm³/mol. The number of hydrogen-bond donors (Lipinski definition) is 0. The van der Waals surface area contributed by atoms with Gasteiger partial charge in [-0.2, -0.15) is 0 Å². The first-order chi connectivity index (χ1) is 32.9. The van der Waals surface area contributed by atoms with Gasteiger partial charge in [0.15, 0.2) is 12.2 Å². The van der Waals surface area contributed by atoms with E-state index in [9.17, 15) is 38.4 Å². The van der Waals surface area contributed by atoms with E-state index in [2.05, 4.69) is 26.8 Å². The molecule has 16 unspecified atom stereocenters. The highest BCUT2D eigenvalue weighted by Gasteiger charge is 2.72. The Labute approximate surface area is 415 Å². The molecule has 5 aliphatic carbocycles. The Kier molecular flexibility index (Phi) is 15.9. The zero-order valence-electron chi connectivity index (χ0n) is 43.6. The Bertz CT molecular complexity index is 2190. The molecule has 0 N–H and O–H groups in total. The maximum absolute atomic E-state index is 15.5. The zero-order chi connectivity index (χ0) is 52.8. The molecule has 0 spiro atoms. The van der Waals surface area contributed by atoms with Crippen LogP contribution >= 0.6 is 0 Å². The van der Waals surface area contributed by atoms with Crippen molar-refractivity contribution < 1.29 is 90.5 Å². The standard InChI is InChI=1S/C52H74O19/c1-27(53)62-24-38-41(66-31(5)57)42(67-32(6)58)43(68-33(7)59)45(70-38)71-46(61)52-20-18-47(9,25-63-28(2)54)22-36(52)35-14-15-40-48(10)23-37(65-30(4)56)44(69-34(8)60)49(11,26-64-29(3)55)39(48)16-17-51(40,13)50(35,12)19-21-52/h14,36-45H,15-26H2,1-13H3. The lowest BCUT2D eigenvalue weighted by molar-refractivity contribution is -0.304. The summed E-state index contributed by atoms with van der Waals surface area (Å²) in [6.45, 7) is 20.1. The number of fused-ring (bicyclic) bond motifs is 7. The highest BCUT2D eigenvalue weighted by Crippen LogP contribution is 2.76. The van der Waals surface area contributed by atoms with Crippen LogP contribution in [0.15, 0.2) is 11.6 Å². The van der Waals surface area contributed by atoms with Crippen LogP contribution in [0.1, 0.15) is 148 Å². The fourth-order valence-electron chi connectivity index (χ4n) is 14.5. The van der Waals surface area contributed by atoms with Gasteiger partial charge in [-0.3, -0.25) is 43.2 Å². The number of allylic oxidation sites excluding steroid dienone is 2. The van der Waals surface area contributed by atoms with Crippen molar-refractivity contribution in [2.45, 2.75) is 191 Å². The summed E-state index contributed by atoms with van der Waals surface area (Å²) in [6.07, 6.45) is -2.80. The number of rotatable bonds is 13. The molecule has 6 aliphatic rings. The van der Waals surface area contributed by atoms with Gasteiger partial charge in [-0.25, -0.2) is 0 Å². The van der Waals surface area contributed by atoms with E-state index in [-0.39, 0.29) is 25.0 Å². The van der Waals surface area contributed by atoms with Gasteiger partial charge in [-0.1, -0.05) is 46.3 Å². The maximum atomic E-state index is 15.5. The molecule has 0 bridgehead atoms. The van der Waals surface area contributed by atoms with Crippen molar-refractivity contribution in [3.05, 3.63) is 11.6 Å². The van der Waals surface area contributed by atoms with E-state index in [1.54, 1.807) is 0 Å². The van der Waals surface area contributed by atoms with Gasteiger partial charge in [0.1, 0.15) is 31.5 Å². The minimum absolute atomic E-state index is 0.0383. The molecule has 19 nitrogen and oxygen atoms in total. The lowest BCUT2D eigenvalue weighted by Gasteiger charge is -2.71. The minimum atomic E-state index is -1.73. The largest absolute Gasteiger partial charge is 0.465 e. The molecule has 0 aromatic rings. The number of ether oxygens (including phenoxy) is 10. The van der Waals surface area contributed by atoms with Crippen LogP contribution in [0.4, 0.5) is 0 Å². The van der Waals surface area contributed by atoms with Gasteiger partial charge in [0.05, 0.1) is 12.0 Å². The van der Waals surface area contributed by atoms with Crippen LogP contribution in [0.2, 0.25) is 0 Å². The van der Waals surface area contributed by atoms with Crippen LogP contribution in [-0.4, -0.2) is 116 Å². The number of carbonyl (C=O) groups is 9. The summed E-state index contributed by atoms with van der Waals surface area (Å²) >= 11 is 0. The second-order valence-corrected chi connectivity index (χ2v) is 22.4. The van der Waals surface area contributed by atoms with Crippen LogP contribution in [0.25, 0.3) is 0 Å². The molecule has 19 heteroatoms. The molecule has 0 aromatic carbocycles. The van der Waals surface area contributed by atoms with Crippen LogP contribution in [0.5, 0.6) is 0 Å². The topological polar surface area (TPSA) is 246 Å². The first-order valence-electron chi connectivity index (χ1n) is 24.8. The SMILES string of the molecule is CC(=O)OCC1OC(OC(=O)C23CCC(C)(COC(C)=O)CC2C2=CCC4C5(C)CC(OC(C)=O)C(OC(C)=O)C(C)(COC(C)=O)C5CCC4(C)C2(C)CC3)C(OC(C)=O)C(OC(C)=O)C1OC(C)=O. The molecule has 1 saturated heterocycles. The quantitative estimate of drug-likeness (QED) is 0.117. The van der Waals surface area contributed by atoms with E-state index in [1.807, 2.05) is 13.8 Å². The van der Waals surface area contributed by atoms with Gasteiger partial charge in [0.25, 0.3) is 0 Å². The Morgan fingerprint density at radius 1 is 0.563 bits per heavy atom. The molecule has 1 heterocycles. The average Bonchev–Trinajstić information content (AvgIpc) is 3.24. The molecule has 396 valence electrons. The van der Waals surface area contributed by atoms with Gasteiger partial charge < -0.3 is 47.4 Å². The Morgan fingerprint density at radius 3 is 1.69 bits per heavy atom. The fourth-order valence-corrected chi connectivity index (χ4v) is 14.5. The maximum Gasteiger partial charge on any atom is 0.315 e. The Balaban J connectivity index is 1.45. The van der Waals surface area contributed by atoms with Gasteiger partial charge in [0.2, 0.25) is 12.4 Å². The molecule has 1 aliphatic heterocycles. The molecule has 6 rings (SSSR count). The summed E-state index contributed by atoms with van der Waals surface area (Å²) in [4.78, 5) is 116. The van der Waals surface area contributed by atoms with E-state index in [0.29, 0.717) is 57.8 Å². The third-order valence-corrected chi connectivity index (χ3v) is 17.6. The highest BCUT2D eigenvalue weighted by atomic mass is 16.7. The van der Waals surface area contributed by atoms with Crippen LogP contribution in [-0.2, 0) is 90.5 Å². The van der Waals surface area contributed by atoms with E-state index in [0.717, 1.165) is 33.3 Å². The summed E-state index contributed by atoms with van der Waals surface area (Å²) in [5.41, 5.74) is -3.18. The molecule has 4 saturated carbocycles. The van der Waals surface area contributed by atoms with E-state index < -0.39 is 142 Å². The van der Waals surface area contributed by atoms with E-state index >= 15 is 4.79 Å². The highest BCUT2D eigenvalue weighted by molar-refractivity contribution is 5.79. The van der Waals surface area contributed by atoms with Crippen molar-refractivity contribution in [3.8, 4) is 0 Å². The van der Waals surface area contributed by atoms with Crippen molar-refractivity contribution in [2.24, 2.45) is 50.2 Å². The molecular weight excluding hydrogens is 929 g/mol. The summed E-state index contributed by atoms with van der Waals surface area (Å²) in [7, 11) is 0. The molecule has 71 heavy (non-hydrogen) atoms. The minimum Gasteiger partial charge on any atom is -0.465 e. The van der Waals surface area contributed by atoms with Crippen LogP contribution in [0.3, 0.4) is 0 Å². The first kappa shape index (κ1) is 55.2. The van der Waals surface area contributed by atoms with E-state index in [1.165, 1.54) is 27.7 Å². The van der Waals surface area contributed by atoms with Crippen molar-refractivity contribution in [1.82, 2.24) is 0 Å². The fraction of sp³-hybridized carbons (Fsp3) is 0.788. The van der Waals surface area contributed by atoms with Crippen molar-refractivity contribution in [3.63, 3.8) is 0 Å². The van der Waals surface area contributed by atoms with Gasteiger partial charge in [-0.15, -0.1) is 0 Å². The van der Waals surface area contributed by atoms with Crippen LogP contribution in [0, 0.1) is 50.2 Å². The molecule has 0 aromatic heterocycles. The second kappa shape index (κ2) is 20.4. The van der Waals surface area contributed by atoms with Crippen molar-refractivity contribution in [1.29, 1.82) is 0 Å². The Hall–Kier alpha value is -5.07. The molecule has 0 amide bonds. The van der Waals surface area contributed by atoms with E-state index in [4.69, 9.17) is 47.4 Å². The lowest BCUT2D eigenvalue weighted by Crippen LogP contribution is -2.69. The summed E-state index contributed by atoms with van der Waals surface area (Å²) < 4.78 is 58.3. The van der Waals surface area contributed by atoms with Gasteiger partial charge in [-0.05, 0) is 91.8 Å².